The second-order valence-electron chi connectivity index (χ2n) is 5.46. The molecule has 0 bridgehead atoms. The monoisotopic (exact) mass is 326 g/mol. The number of nitrogens with one attached hydrogen (secondary N) is 2. The van der Waals surface area contributed by atoms with E-state index >= 15 is 0 Å². The Kier molecular flexibility index (Phi) is 6.51. The summed E-state index contributed by atoms with van der Waals surface area (Å²) >= 11 is 0. The Balaban J connectivity index is 2.17. The second-order valence-corrected chi connectivity index (χ2v) is 5.46. The summed E-state index contributed by atoms with van der Waals surface area (Å²) in [5.74, 6) is -0.475. The minimum Gasteiger partial charge on any atom is -0.396 e. The van der Waals surface area contributed by atoms with Crippen molar-refractivity contribution in [2.75, 3.05) is 13.7 Å². The van der Waals surface area contributed by atoms with E-state index in [9.17, 15) is 9.59 Å². The summed E-state index contributed by atoms with van der Waals surface area (Å²) in [5, 5.41) is 14.6. The number of aliphatic hydroxyl groups is 1. The maximum atomic E-state index is 12.5. The summed E-state index contributed by atoms with van der Waals surface area (Å²) < 4.78 is 0. The van der Waals surface area contributed by atoms with Gasteiger partial charge >= 0.3 is 0 Å². The molecule has 126 valence electrons. The minimum atomic E-state index is -0.243. The highest BCUT2D eigenvalue weighted by atomic mass is 16.3. The van der Waals surface area contributed by atoms with Crippen molar-refractivity contribution in [2.24, 2.45) is 0 Å². The lowest BCUT2D eigenvalue weighted by molar-refractivity contribution is 0.0932. The zero-order chi connectivity index (χ0) is 17.4. The summed E-state index contributed by atoms with van der Waals surface area (Å²) in [7, 11) is 1.55. The predicted octanol–water partition coefficient (Wildman–Crippen LogP) is 2.29. The molecule has 0 spiro atoms. The minimum absolute atomic E-state index is 0.0748. The van der Waals surface area contributed by atoms with Crippen LogP contribution in [0, 0.1) is 0 Å². The SMILES string of the molecule is CNC(=O)c1cccc(C(=O)NC(CCCO)c2ccccc2)c1. The first kappa shape index (κ1) is 17.7. The summed E-state index contributed by atoms with van der Waals surface area (Å²) in [5.41, 5.74) is 1.86. The lowest BCUT2D eigenvalue weighted by Crippen LogP contribution is -2.29. The standard InChI is InChI=1S/C19H22N2O3/c1-20-18(23)15-9-5-10-16(13-15)19(24)21-17(11-6-12-22)14-7-3-2-4-8-14/h2-5,7-10,13,17,22H,6,11-12H2,1H3,(H,20,23)(H,21,24). The molecule has 0 saturated heterocycles. The molecule has 0 aliphatic rings. The molecule has 2 aromatic carbocycles. The van der Waals surface area contributed by atoms with Gasteiger partial charge in [0.25, 0.3) is 11.8 Å². The number of benzene rings is 2. The number of hydrogen-bond donors (Lipinski definition) is 3. The summed E-state index contributed by atoms with van der Waals surface area (Å²) in [6.07, 6.45) is 1.24. The van der Waals surface area contributed by atoms with Crippen molar-refractivity contribution in [1.29, 1.82) is 0 Å². The van der Waals surface area contributed by atoms with E-state index in [1.807, 2.05) is 30.3 Å². The third-order valence-electron chi connectivity index (χ3n) is 3.77. The normalized spacial score (nSPS) is 11.6. The van der Waals surface area contributed by atoms with Crippen LogP contribution in [0.4, 0.5) is 0 Å². The van der Waals surface area contributed by atoms with Gasteiger partial charge < -0.3 is 15.7 Å². The molecule has 3 N–H and O–H groups in total. The first-order valence-corrected chi connectivity index (χ1v) is 7.94. The van der Waals surface area contributed by atoms with E-state index in [4.69, 9.17) is 5.11 Å². The van der Waals surface area contributed by atoms with Crippen LogP contribution in [0.3, 0.4) is 0 Å². The van der Waals surface area contributed by atoms with Crippen molar-refractivity contribution >= 4 is 11.8 Å². The van der Waals surface area contributed by atoms with Crippen LogP contribution >= 0.6 is 0 Å². The molecule has 2 amide bonds. The van der Waals surface area contributed by atoms with Gasteiger partial charge in [-0.1, -0.05) is 36.4 Å². The van der Waals surface area contributed by atoms with Crippen molar-refractivity contribution in [3.63, 3.8) is 0 Å². The van der Waals surface area contributed by atoms with E-state index in [0.29, 0.717) is 24.0 Å². The highest BCUT2D eigenvalue weighted by molar-refractivity contribution is 5.99. The number of hydrogen-bond acceptors (Lipinski definition) is 3. The third kappa shape index (κ3) is 4.67. The van der Waals surface area contributed by atoms with Crippen LogP contribution < -0.4 is 10.6 Å². The first-order chi connectivity index (χ1) is 11.7. The van der Waals surface area contributed by atoms with Gasteiger partial charge in [0.05, 0.1) is 6.04 Å². The van der Waals surface area contributed by atoms with E-state index in [1.165, 1.54) is 0 Å². The molecule has 0 fully saturated rings. The molecule has 1 unspecified atom stereocenters. The predicted molar refractivity (Wildman–Crippen MR) is 92.8 cm³/mol. The van der Waals surface area contributed by atoms with Gasteiger partial charge in [0.15, 0.2) is 0 Å². The molecular formula is C19H22N2O3. The second kappa shape index (κ2) is 8.84. The van der Waals surface area contributed by atoms with E-state index in [0.717, 1.165) is 5.56 Å². The van der Waals surface area contributed by atoms with Gasteiger partial charge in [-0.25, -0.2) is 0 Å². The summed E-state index contributed by atoms with van der Waals surface area (Å²) in [6, 6.07) is 16.1. The number of rotatable bonds is 7. The molecule has 0 heterocycles. The number of carbonyl (C=O) groups excluding carboxylic acids is 2. The van der Waals surface area contributed by atoms with Gasteiger partial charge in [-0.3, -0.25) is 9.59 Å². The fourth-order valence-corrected chi connectivity index (χ4v) is 2.49. The molecule has 1 atom stereocenters. The Labute approximate surface area is 141 Å². The molecular weight excluding hydrogens is 304 g/mol. The van der Waals surface area contributed by atoms with E-state index < -0.39 is 0 Å². The highest BCUT2D eigenvalue weighted by Crippen LogP contribution is 2.19. The Morgan fingerprint density at radius 1 is 1.00 bits per heavy atom. The molecule has 5 nitrogen and oxygen atoms in total. The Morgan fingerprint density at radius 2 is 1.67 bits per heavy atom. The summed E-state index contributed by atoms with van der Waals surface area (Å²) in [4.78, 5) is 24.3. The van der Waals surface area contributed by atoms with Gasteiger partial charge in [-0.2, -0.15) is 0 Å². The van der Waals surface area contributed by atoms with Gasteiger partial charge in [-0.05, 0) is 36.6 Å². The molecule has 0 aliphatic carbocycles. The van der Waals surface area contributed by atoms with Crippen LogP contribution in [-0.4, -0.2) is 30.6 Å². The lowest BCUT2D eigenvalue weighted by Gasteiger charge is -2.19. The van der Waals surface area contributed by atoms with Crippen LogP contribution in [0.15, 0.2) is 54.6 Å². The highest BCUT2D eigenvalue weighted by Gasteiger charge is 2.16. The topological polar surface area (TPSA) is 78.4 Å². The zero-order valence-electron chi connectivity index (χ0n) is 13.7. The lowest BCUT2D eigenvalue weighted by atomic mass is 10.0. The van der Waals surface area contributed by atoms with Crippen LogP contribution in [0.25, 0.3) is 0 Å². The van der Waals surface area contributed by atoms with Crippen molar-refractivity contribution in [3.8, 4) is 0 Å². The molecule has 2 rings (SSSR count). The largest absolute Gasteiger partial charge is 0.396 e. The van der Waals surface area contributed by atoms with Gasteiger partial charge in [0.2, 0.25) is 0 Å². The molecule has 0 saturated carbocycles. The maximum Gasteiger partial charge on any atom is 0.251 e. The average Bonchev–Trinajstić information content (AvgIpc) is 2.65. The molecule has 0 aliphatic heterocycles. The number of carbonyl (C=O) groups is 2. The molecule has 0 radical (unpaired) electrons. The molecule has 24 heavy (non-hydrogen) atoms. The van der Waals surface area contributed by atoms with Crippen molar-refractivity contribution in [2.45, 2.75) is 18.9 Å². The third-order valence-corrected chi connectivity index (χ3v) is 3.77. The Morgan fingerprint density at radius 3 is 2.29 bits per heavy atom. The molecule has 0 aromatic heterocycles. The molecule has 5 heteroatoms. The first-order valence-electron chi connectivity index (χ1n) is 7.94. The Hall–Kier alpha value is -2.66. The number of aliphatic hydroxyl groups excluding tert-OH is 1. The molecule has 2 aromatic rings. The Bertz CT molecular complexity index is 686. The zero-order valence-corrected chi connectivity index (χ0v) is 13.7. The van der Waals surface area contributed by atoms with E-state index in [-0.39, 0.29) is 24.5 Å². The number of amides is 2. The van der Waals surface area contributed by atoms with E-state index in [1.54, 1.807) is 31.3 Å². The van der Waals surface area contributed by atoms with Crippen LogP contribution in [0.2, 0.25) is 0 Å². The van der Waals surface area contributed by atoms with Gasteiger partial charge in [-0.15, -0.1) is 0 Å². The van der Waals surface area contributed by atoms with E-state index in [2.05, 4.69) is 10.6 Å². The van der Waals surface area contributed by atoms with Crippen molar-refractivity contribution in [3.05, 3.63) is 71.3 Å². The average molecular weight is 326 g/mol. The van der Waals surface area contributed by atoms with Gasteiger partial charge in [0.1, 0.15) is 0 Å². The van der Waals surface area contributed by atoms with Crippen molar-refractivity contribution in [1.82, 2.24) is 10.6 Å². The smallest absolute Gasteiger partial charge is 0.251 e. The van der Waals surface area contributed by atoms with Crippen LogP contribution in [0.5, 0.6) is 0 Å². The van der Waals surface area contributed by atoms with Crippen molar-refractivity contribution < 1.29 is 14.7 Å². The fraction of sp³-hybridized carbons (Fsp3) is 0.263. The fourth-order valence-electron chi connectivity index (χ4n) is 2.49. The van der Waals surface area contributed by atoms with Crippen LogP contribution in [-0.2, 0) is 0 Å². The summed E-state index contributed by atoms with van der Waals surface area (Å²) in [6.45, 7) is 0.0748. The van der Waals surface area contributed by atoms with Crippen LogP contribution in [0.1, 0.15) is 45.2 Å². The quantitative estimate of drug-likeness (QED) is 0.730. The maximum absolute atomic E-state index is 12.5. The van der Waals surface area contributed by atoms with Gasteiger partial charge in [0, 0.05) is 24.8 Å².